The van der Waals surface area contributed by atoms with E-state index in [9.17, 15) is 4.79 Å². The lowest BCUT2D eigenvalue weighted by Gasteiger charge is -2.02. The molecule has 0 aliphatic carbocycles. The molecule has 0 aliphatic rings. The summed E-state index contributed by atoms with van der Waals surface area (Å²) in [5.41, 5.74) is 1.78. The van der Waals surface area contributed by atoms with Crippen LogP contribution in [0.4, 0.5) is 10.9 Å². The van der Waals surface area contributed by atoms with Crippen LogP contribution >= 0.6 is 11.3 Å². The van der Waals surface area contributed by atoms with Crippen LogP contribution in [0.1, 0.15) is 17.4 Å². The van der Waals surface area contributed by atoms with Crippen molar-refractivity contribution >= 4 is 28.2 Å². The van der Waals surface area contributed by atoms with Gasteiger partial charge in [0, 0.05) is 6.54 Å². The molecule has 2 rings (SSSR count). The summed E-state index contributed by atoms with van der Waals surface area (Å²) in [7, 11) is 0. The predicted molar refractivity (Wildman–Crippen MR) is 64.1 cm³/mol. The van der Waals surface area contributed by atoms with E-state index in [4.69, 9.17) is 0 Å². The zero-order chi connectivity index (χ0) is 12.1. The van der Waals surface area contributed by atoms with E-state index in [1.807, 2.05) is 6.92 Å². The fourth-order valence-corrected chi connectivity index (χ4v) is 1.55. The highest BCUT2D eigenvalue weighted by atomic mass is 32.1. The van der Waals surface area contributed by atoms with Gasteiger partial charge in [0.25, 0.3) is 5.91 Å². The molecule has 2 aromatic rings. The van der Waals surface area contributed by atoms with Crippen molar-refractivity contribution in [1.82, 2.24) is 20.2 Å². The predicted octanol–water partition coefficient (Wildman–Crippen LogP) is 1.01. The highest BCUT2D eigenvalue weighted by Crippen LogP contribution is 2.09. The molecule has 8 heteroatoms. The first kappa shape index (κ1) is 11.4. The Bertz CT molecular complexity index is 483. The molecule has 17 heavy (non-hydrogen) atoms. The molecule has 0 unspecified atom stereocenters. The van der Waals surface area contributed by atoms with Gasteiger partial charge >= 0.3 is 0 Å². The first-order valence-corrected chi connectivity index (χ1v) is 5.81. The average molecular weight is 250 g/mol. The highest BCUT2D eigenvalue weighted by Gasteiger charge is 2.09. The number of carbonyl (C=O) groups is 1. The molecule has 2 heterocycles. The third-order valence-corrected chi connectivity index (χ3v) is 2.43. The van der Waals surface area contributed by atoms with Crippen molar-refractivity contribution in [1.29, 1.82) is 0 Å². The number of nitrogens with one attached hydrogen (secondary N) is 2. The maximum Gasteiger partial charge on any atom is 0.277 e. The van der Waals surface area contributed by atoms with Gasteiger partial charge in [-0.3, -0.25) is 10.1 Å². The molecule has 2 N–H and O–H groups in total. The summed E-state index contributed by atoms with van der Waals surface area (Å²) >= 11 is 1.24. The Kier molecular flexibility index (Phi) is 3.55. The normalized spacial score (nSPS) is 9.94. The lowest BCUT2D eigenvalue weighted by atomic mass is 10.4. The molecule has 7 nitrogen and oxygen atoms in total. The molecule has 0 fully saturated rings. The molecule has 0 saturated carbocycles. The van der Waals surface area contributed by atoms with Crippen molar-refractivity contribution in [2.75, 3.05) is 17.2 Å². The maximum absolute atomic E-state index is 11.7. The molecule has 0 bridgehead atoms. The largest absolute Gasteiger partial charge is 0.369 e. The van der Waals surface area contributed by atoms with Gasteiger partial charge in [0.2, 0.25) is 5.13 Å². The van der Waals surface area contributed by atoms with Gasteiger partial charge in [-0.05, 0) is 6.92 Å². The van der Waals surface area contributed by atoms with Crippen molar-refractivity contribution in [2.45, 2.75) is 6.92 Å². The summed E-state index contributed by atoms with van der Waals surface area (Å²) in [5.74, 6) is 0.289. The fraction of sp³-hybridized carbons (Fsp3) is 0.222. The SMILES string of the molecule is CCNc1cnc(C(=O)Nc2nncs2)cn1. The Morgan fingerprint density at radius 3 is 2.88 bits per heavy atom. The van der Waals surface area contributed by atoms with Crippen molar-refractivity contribution < 1.29 is 4.79 Å². The van der Waals surface area contributed by atoms with E-state index < -0.39 is 0 Å². The Morgan fingerprint density at radius 2 is 2.29 bits per heavy atom. The number of hydrogen-bond acceptors (Lipinski definition) is 7. The average Bonchev–Trinajstić information content (AvgIpc) is 2.83. The standard InChI is InChI=1S/C9H10N6OS/c1-2-10-7-4-11-6(3-12-7)8(16)14-9-15-13-5-17-9/h3-5H,2H2,1H3,(H,10,12)(H,14,15,16). The Labute approximate surface area is 101 Å². The lowest BCUT2D eigenvalue weighted by Crippen LogP contribution is -2.14. The Balaban J connectivity index is 2.04. The summed E-state index contributed by atoms with van der Waals surface area (Å²) in [6, 6.07) is 0. The van der Waals surface area contributed by atoms with Crippen LogP contribution in [0.2, 0.25) is 0 Å². The number of amides is 1. The molecular formula is C9H10N6OS. The molecule has 88 valence electrons. The van der Waals surface area contributed by atoms with Crippen molar-refractivity contribution in [3.63, 3.8) is 0 Å². The number of hydrogen-bond donors (Lipinski definition) is 2. The number of carbonyl (C=O) groups excluding carboxylic acids is 1. The third-order valence-electron chi connectivity index (χ3n) is 1.82. The van der Waals surface area contributed by atoms with Crippen LogP contribution in [0.15, 0.2) is 17.9 Å². The molecule has 0 aliphatic heterocycles. The van der Waals surface area contributed by atoms with E-state index in [0.717, 1.165) is 6.54 Å². The van der Waals surface area contributed by atoms with Crippen LogP contribution in [0.5, 0.6) is 0 Å². The fourth-order valence-electron chi connectivity index (χ4n) is 1.11. The smallest absolute Gasteiger partial charge is 0.277 e. The van der Waals surface area contributed by atoms with Gasteiger partial charge in [-0.15, -0.1) is 10.2 Å². The number of aromatic nitrogens is 4. The molecule has 0 saturated heterocycles. The van der Waals surface area contributed by atoms with Crippen LogP contribution in [0.3, 0.4) is 0 Å². The Morgan fingerprint density at radius 1 is 1.41 bits per heavy atom. The van der Waals surface area contributed by atoms with E-state index in [1.165, 1.54) is 29.2 Å². The minimum absolute atomic E-state index is 0.238. The number of anilines is 2. The Hall–Kier alpha value is -2.09. The lowest BCUT2D eigenvalue weighted by molar-refractivity contribution is 0.102. The number of nitrogens with zero attached hydrogens (tertiary/aromatic N) is 4. The van der Waals surface area contributed by atoms with E-state index >= 15 is 0 Å². The topological polar surface area (TPSA) is 92.7 Å². The summed E-state index contributed by atoms with van der Waals surface area (Å²) in [5, 5.41) is 13.3. The maximum atomic E-state index is 11.7. The monoisotopic (exact) mass is 250 g/mol. The van der Waals surface area contributed by atoms with Crippen molar-refractivity contribution in [3.05, 3.63) is 23.6 Å². The zero-order valence-electron chi connectivity index (χ0n) is 9.04. The van der Waals surface area contributed by atoms with Crippen LogP contribution in [0.25, 0.3) is 0 Å². The van der Waals surface area contributed by atoms with Gasteiger partial charge in [0.05, 0.1) is 12.4 Å². The quantitative estimate of drug-likeness (QED) is 0.841. The van der Waals surface area contributed by atoms with Gasteiger partial charge in [0.1, 0.15) is 17.0 Å². The second-order valence-corrected chi connectivity index (χ2v) is 3.85. The molecular weight excluding hydrogens is 240 g/mol. The summed E-state index contributed by atoms with van der Waals surface area (Å²) in [4.78, 5) is 19.7. The summed E-state index contributed by atoms with van der Waals surface area (Å²) in [6.45, 7) is 2.71. The molecule has 1 amide bonds. The minimum Gasteiger partial charge on any atom is -0.369 e. The first-order valence-electron chi connectivity index (χ1n) is 4.93. The van der Waals surface area contributed by atoms with Gasteiger partial charge in [-0.1, -0.05) is 11.3 Å². The van der Waals surface area contributed by atoms with Gasteiger partial charge in [-0.2, -0.15) is 0 Å². The van der Waals surface area contributed by atoms with Crippen LogP contribution in [0, 0.1) is 0 Å². The highest BCUT2D eigenvalue weighted by molar-refractivity contribution is 7.13. The van der Waals surface area contributed by atoms with E-state index in [-0.39, 0.29) is 11.6 Å². The van der Waals surface area contributed by atoms with E-state index in [1.54, 1.807) is 0 Å². The van der Waals surface area contributed by atoms with Gasteiger partial charge in [-0.25, -0.2) is 9.97 Å². The third kappa shape index (κ3) is 2.94. The number of rotatable bonds is 4. The van der Waals surface area contributed by atoms with Crippen LogP contribution in [-0.4, -0.2) is 32.6 Å². The minimum atomic E-state index is -0.350. The second kappa shape index (κ2) is 5.30. The van der Waals surface area contributed by atoms with Crippen LogP contribution < -0.4 is 10.6 Å². The van der Waals surface area contributed by atoms with Crippen molar-refractivity contribution in [3.8, 4) is 0 Å². The molecule has 0 radical (unpaired) electrons. The summed E-state index contributed by atoms with van der Waals surface area (Å²) in [6.07, 6.45) is 2.92. The zero-order valence-corrected chi connectivity index (χ0v) is 9.86. The van der Waals surface area contributed by atoms with E-state index in [0.29, 0.717) is 10.9 Å². The molecule has 0 spiro atoms. The molecule has 0 aromatic carbocycles. The molecule has 2 aromatic heterocycles. The van der Waals surface area contributed by atoms with Crippen LogP contribution in [-0.2, 0) is 0 Å². The molecule has 0 atom stereocenters. The van der Waals surface area contributed by atoms with E-state index in [2.05, 4.69) is 30.8 Å². The van der Waals surface area contributed by atoms with Gasteiger partial charge in [0.15, 0.2) is 0 Å². The van der Waals surface area contributed by atoms with Crippen molar-refractivity contribution in [2.24, 2.45) is 0 Å². The van der Waals surface area contributed by atoms with Gasteiger partial charge < -0.3 is 5.32 Å². The second-order valence-electron chi connectivity index (χ2n) is 3.02. The summed E-state index contributed by atoms with van der Waals surface area (Å²) < 4.78 is 0. The first-order chi connectivity index (χ1) is 8.29.